The molecule has 29 heavy (non-hydrogen) atoms. The van der Waals surface area contributed by atoms with Crippen molar-refractivity contribution in [2.75, 3.05) is 26.7 Å². The number of halogens is 1. The number of amides is 2. The Kier molecular flexibility index (Phi) is 5.02. The molecule has 154 valence electrons. The summed E-state index contributed by atoms with van der Waals surface area (Å²) in [6.45, 7) is 3.54. The number of hydrogen-bond acceptors (Lipinski definition) is 4. The molecule has 2 amide bonds. The monoisotopic (exact) mass is 400 g/mol. The van der Waals surface area contributed by atoms with Crippen molar-refractivity contribution in [3.63, 3.8) is 0 Å². The molecule has 3 heterocycles. The number of ether oxygens (including phenoxy) is 1. The number of H-pyrrole nitrogens is 1. The highest BCUT2D eigenvalue weighted by molar-refractivity contribution is 5.96. The molecular formula is C21H25FN4O3. The van der Waals surface area contributed by atoms with Crippen LogP contribution in [0.2, 0.25) is 0 Å². The van der Waals surface area contributed by atoms with Gasteiger partial charge >= 0.3 is 0 Å². The number of nitrogens with zero attached hydrogens (tertiary/aromatic N) is 3. The average Bonchev–Trinajstić information content (AvgIpc) is 3.34. The first-order valence-corrected chi connectivity index (χ1v) is 9.84. The molecule has 2 fully saturated rings. The van der Waals surface area contributed by atoms with Crippen LogP contribution >= 0.6 is 0 Å². The first kappa shape index (κ1) is 19.4. The second kappa shape index (κ2) is 7.50. The van der Waals surface area contributed by atoms with E-state index in [1.165, 1.54) is 19.4 Å². The fraction of sp³-hybridized carbons (Fsp3) is 0.476. The Morgan fingerprint density at radius 2 is 2.17 bits per heavy atom. The van der Waals surface area contributed by atoms with E-state index in [1.807, 2.05) is 6.92 Å². The Hall–Kier alpha value is -2.90. The topological polar surface area (TPSA) is 78.5 Å². The molecule has 0 bridgehead atoms. The summed E-state index contributed by atoms with van der Waals surface area (Å²) in [5.74, 6) is 0.118. The number of aromatic amines is 1. The summed E-state index contributed by atoms with van der Waals surface area (Å²) in [6.07, 6.45) is 3.75. The number of nitrogens with one attached hydrogen (secondary N) is 1. The third-order valence-electron chi connectivity index (χ3n) is 6.14. The summed E-state index contributed by atoms with van der Waals surface area (Å²) < 4.78 is 19.4. The van der Waals surface area contributed by atoms with Crippen molar-refractivity contribution in [3.8, 4) is 5.75 Å². The second-order valence-electron chi connectivity index (χ2n) is 7.95. The van der Waals surface area contributed by atoms with Gasteiger partial charge in [0, 0.05) is 37.4 Å². The Bertz CT molecular complexity index is 944. The van der Waals surface area contributed by atoms with Crippen molar-refractivity contribution in [1.29, 1.82) is 0 Å². The Balaban J connectivity index is 1.50. The zero-order chi connectivity index (χ0) is 20.6. The van der Waals surface area contributed by atoms with E-state index in [1.54, 1.807) is 21.9 Å². The average molecular weight is 400 g/mol. The SMILES string of the molecule is COc1ccc(F)c(CN2CCC[C@]3(CCN(C(=O)c4cn[nH]c4C)C3)C2=O)c1. The van der Waals surface area contributed by atoms with Crippen LogP contribution in [0.5, 0.6) is 5.75 Å². The molecule has 2 aliphatic heterocycles. The van der Waals surface area contributed by atoms with Gasteiger partial charge in [-0.3, -0.25) is 14.7 Å². The smallest absolute Gasteiger partial charge is 0.257 e. The quantitative estimate of drug-likeness (QED) is 0.856. The van der Waals surface area contributed by atoms with Gasteiger partial charge in [-0.1, -0.05) is 0 Å². The lowest BCUT2D eigenvalue weighted by Gasteiger charge is -2.39. The number of likely N-dealkylation sites (tertiary alicyclic amines) is 2. The maximum Gasteiger partial charge on any atom is 0.257 e. The van der Waals surface area contributed by atoms with E-state index >= 15 is 0 Å². The van der Waals surface area contributed by atoms with E-state index in [0.29, 0.717) is 42.9 Å². The summed E-state index contributed by atoms with van der Waals surface area (Å²) in [5.41, 5.74) is 1.12. The number of aromatic nitrogens is 2. The molecule has 2 saturated heterocycles. The molecule has 1 spiro atoms. The number of benzene rings is 1. The highest BCUT2D eigenvalue weighted by Gasteiger charge is 2.49. The number of carbonyl (C=O) groups is 2. The minimum atomic E-state index is -0.582. The predicted octanol–water partition coefficient (Wildman–Crippen LogP) is 2.52. The number of rotatable bonds is 4. The van der Waals surface area contributed by atoms with E-state index in [4.69, 9.17) is 4.74 Å². The highest BCUT2D eigenvalue weighted by atomic mass is 19.1. The van der Waals surface area contributed by atoms with Crippen molar-refractivity contribution in [3.05, 3.63) is 47.0 Å². The van der Waals surface area contributed by atoms with Gasteiger partial charge in [-0.2, -0.15) is 5.10 Å². The zero-order valence-electron chi connectivity index (χ0n) is 16.7. The minimum absolute atomic E-state index is 0.00480. The first-order chi connectivity index (χ1) is 13.9. The lowest BCUT2D eigenvalue weighted by molar-refractivity contribution is -0.146. The molecule has 0 radical (unpaired) electrons. The van der Waals surface area contributed by atoms with Crippen molar-refractivity contribution in [2.24, 2.45) is 5.41 Å². The molecule has 0 saturated carbocycles. The van der Waals surface area contributed by atoms with Crippen LogP contribution in [-0.2, 0) is 11.3 Å². The van der Waals surface area contributed by atoms with Gasteiger partial charge in [0.1, 0.15) is 11.6 Å². The molecule has 1 aromatic carbocycles. The molecule has 2 aromatic rings. The number of aryl methyl sites for hydroxylation is 1. The molecule has 4 rings (SSSR count). The number of carbonyl (C=O) groups excluding carboxylic acids is 2. The molecule has 8 heteroatoms. The van der Waals surface area contributed by atoms with E-state index in [9.17, 15) is 14.0 Å². The maximum absolute atomic E-state index is 14.3. The van der Waals surface area contributed by atoms with Crippen LogP contribution in [-0.4, -0.2) is 58.6 Å². The molecule has 1 aromatic heterocycles. The van der Waals surface area contributed by atoms with Gasteiger partial charge in [-0.15, -0.1) is 0 Å². The number of methoxy groups -OCH3 is 1. The fourth-order valence-electron chi connectivity index (χ4n) is 4.47. The first-order valence-electron chi connectivity index (χ1n) is 9.84. The molecule has 1 N–H and O–H groups in total. The molecule has 7 nitrogen and oxygen atoms in total. The molecule has 0 unspecified atom stereocenters. The summed E-state index contributed by atoms with van der Waals surface area (Å²) in [7, 11) is 1.53. The van der Waals surface area contributed by atoms with Gasteiger partial charge in [-0.25, -0.2) is 4.39 Å². The van der Waals surface area contributed by atoms with E-state index in [0.717, 1.165) is 18.5 Å². The fourth-order valence-corrected chi connectivity index (χ4v) is 4.47. The van der Waals surface area contributed by atoms with Gasteiger partial charge in [-0.05, 0) is 44.4 Å². The zero-order valence-corrected chi connectivity index (χ0v) is 16.7. The largest absolute Gasteiger partial charge is 0.497 e. The van der Waals surface area contributed by atoms with Crippen LogP contribution < -0.4 is 4.74 Å². The van der Waals surface area contributed by atoms with Gasteiger partial charge in [0.05, 0.1) is 24.3 Å². The van der Waals surface area contributed by atoms with Crippen molar-refractivity contribution >= 4 is 11.8 Å². The van der Waals surface area contributed by atoms with Crippen molar-refractivity contribution in [1.82, 2.24) is 20.0 Å². The Labute approximate surface area is 168 Å². The van der Waals surface area contributed by atoms with Gasteiger partial charge < -0.3 is 14.5 Å². The maximum atomic E-state index is 14.3. The standard InChI is InChI=1S/C21H25FN4O3/c1-14-17(11-23-24-14)19(27)26-9-7-21(13-26)6-3-8-25(20(21)28)12-15-10-16(29-2)4-5-18(15)22/h4-5,10-11H,3,6-9,12-13H2,1-2H3,(H,23,24)/t21-/m1/s1. The van der Waals surface area contributed by atoms with Crippen LogP contribution in [0.25, 0.3) is 0 Å². The third kappa shape index (κ3) is 3.47. The van der Waals surface area contributed by atoms with E-state index < -0.39 is 5.41 Å². The van der Waals surface area contributed by atoms with Crippen molar-refractivity contribution in [2.45, 2.75) is 32.7 Å². The number of piperidine rings is 1. The van der Waals surface area contributed by atoms with Gasteiger partial charge in [0.15, 0.2) is 0 Å². The van der Waals surface area contributed by atoms with Crippen LogP contribution in [0.4, 0.5) is 4.39 Å². The molecule has 0 aliphatic carbocycles. The molecular weight excluding hydrogens is 375 g/mol. The second-order valence-corrected chi connectivity index (χ2v) is 7.95. The highest BCUT2D eigenvalue weighted by Crippen LogP contribution is 2.41. The van der Waals surface area contributed by atoms with Crippen LogP contribution in [0.15, 0.2) is 24.4 Å². The van der Waals surface area contributed by atoms with E-state index in [-0.39, 0.29) is 24.2 Å². The van der Waals surface area contributed by atoms with Crippen LogP contribution in [0.3, 0.4) is 0 Å². The van der Waals surface area contributed by atoms with Crippen LogP contribution in [0.1, 0.15) is 40.9 Å². The third-order valence-corrected chi connectivity index (χ3v) is 6.14. The Morgan fingerprint density at radius 3 is 2.90 bits per heavy atom. The summed E-state index contributed by atoms with van der Waals surface area (Å²) in [4.78, 5) is 29.6. The minimum Gasteiger partial charge on any atom is -0.497 e. The lowest BCUT2D eigenvalue weighted by Crippen LogP contribution is -2.50. The summed E-state index contributed by atoms with van der Waals surface area (Å²) in [5, 5.41) is 6.70. The Morgan fingerprint density at radius 1 is 1.34 bits per heavy atom. The molecule has 2 aliphatic rings. The molecule has 1 atom stereocenters. The number of hydrogen-bond donors (Lipinski definition) is 1. The van der Waals surface area contributed by atoms with Gasteiger partial charge in [0.2, 0.25) is 5.91 Å². The lowest BCUT2D eigenvalue weighted by atomic mass is 9.78. The normalized spacial score (nSPS) is 21.8. The van der Waals surface area contributed by atoms with Crippen LogP contribution in [0, 0.1) is 18.2 Å². The predicted molar refractivity (Wildman–Crippen MR) is 104 cm³/mol. The van der Waals surface area contributed by atoms with Crippen molar-refractivity contribution < 1.29 is 18.7 Å². The summed E-state index contributed by atoms with van der Waals surface area (Å²) >= 11 is 0. The van der Waals surface area contributed by atoms with E-state index in [2.05, 4.69) is 10.2 Å². The summed E-state index contributed by atoms with van der Waals surface area (Å²) in [6, 6.07) is 4.56. The van der Waals surface area contributed by atoms with Gasteiger partial charge in [0.25, 0.3) is 5.91 Å².